The Labute approximate surface area is 108 Å². The number of amidine groups is 1. The molecule has 0 aliphatic carbocycles. The van der Waals surface area contributed by atoms with Crippen LogP contribution in [0.15, 0.2) is 4.99 Å². The number of aliphatic imine (C=N–C) groups is 1. The van der Waals surface area contributed by atoms with E-state index in [-0.39, 0.29) is 26.3 Å². The van der Waals surface area contributed by atoms with Crippen LogP contribution in [-0.2, 0) is 9.47 Å². The molecule has 0 aromatic carbocycles. The van der Waals surface area contributed by atoms with E-state index in [2.05, 4.69) is 9.73 Å². The second kappa shape index (κ2) is 4.50. The van der Waals surface area contributed by atoms with E-state index < -0.39 is 29.8 Å². The number of hydrogen-bond acceptors (Lipinski definition) is 5. The fourth-order valence-electron chi connectivity index (χ4n) is 1.81. The van der Waals surface area contributed by atoms with Crippen LogP contribution >= 0.6 is 0 Å². The summed E-state index contributed by atoms with van der Waals surface area (Å²) in [5.74, 6) is -2.01. The minimum absolute atomic E-state index is 0.0381. The smallest absolute Gasteiger partial charge is 0.430 e. The van der Waals surface area contributed by atoms with Gasteiger partial charge in [0.25, 0.3) is 5.90 Å². The molecule has 0 amide bonds. The molecule has 0 aromatic rings. The van der Waals surface area contributed by atoms with Crippen LogP contribution in [0.1, 0.15) is 0 Å². The van der Waals surface area contributed by atoms with Crippen molar-refractivity contribution in [3.8, 4) is 0 Å². The maximum absolute atomic E-state index is 12.7. The lowest BCUT2D eigenvalue weighted by molar-refractivity contribution is -0.355. The molecule has 0 aromatic heterocycles. The van der Waals surface area contributed by atoms with Gasteiger partial charge in [-0.25, -0.2) is 4.99 Å². The molecule has 5 nitrogen and oxygen atoms in total. The number of nitrogens with one attached hydrogen (secondary N) is 1. The Morgan fingerprint density at radius 3 is 1.95 bits per heavy atom. The molecule has 1 N–H and O–H groups in total. The van der Waals surface area contributed by atoms with E-state index in [1.165, 1.54) is 0 Å². The number of morpholine rings is 1. The Bertz CT molecular complexity index is 424. The maximum atomic E-state index is 12.7. The number of nitrogens with zero attached hydrogens (tertiary/aromatic N) is 2. The lowest BCUT2D eigenvalue weighted by atomic mass is 10.2. The van der Waals surface area contributed by atoms with Crippen LogP contribution in [0.5, 0.6) is 0 Å². The predicted molar refractivity (Wildman–Crippen MR) is 53.5 cm³/mol. The Kier molecular flexibility index (Phi) is 3.35. The van der Waals surface area contributed by atoms with E-state index in [0.717, 1.165) is 4.90 Å². The molecule has 0 spiro atoms. The highest BCUT2D eigenvalue weighted by Crippen LogP contribution is 2.49. The Balaban J connectivity index is 2.41. The fraction of sp³-hybridized carbons (Fsp3) is 0.778. The van der Waals surface area contributed by atoms with Crippen LogP contribution in [0.2, 0.25) is 0 Å². The molecular weight excluding hydrogens is 296 g/mol. The standard InChI is InChI=1S/C9H9F6N3O2/c10-8(11,12)7(9(13,14)15)17-6(5(16)20-7)18-1-3-19-4-2-18/h16H,1-4H2. The first-order valence-corrected chi connectivity index (χ1v) is 5.42. The molecule has 11 heteroatoms. The average molecular weight is 305 g/mol. The van der Waals surface area contributed by atoms with Crippen molar-refractivity contribution in [3.05, 3.63) is 0 Å². The zero-order chi connectivity index (χ0) is 15.2. The van der Waals surface area contributed by atoms with Gasteiger partial charge in [0.05, 0.1) is 13.2 Å². The summed E-state index contributed by atoms with van der Waals surface area (Å²) in [5, 5.41) is 7.22. The third-order valence-corrected chi connectivity index (χ3v) is 2.80. The van der Waals surface area contributed by atoms with Crippen molar-refractivity contribution >= 4 is 11.7 Å². The van der Waals surface area contributed by atoms with Gasteiger partial charge in [0, 0.05) is 13.1 Å². The SMILES string of the molecule is N=C1OC(C(F)(F)F)(C(F)(F)F)N=C1N1CCOCC1. The third kappa shape index (κ3) is 2.19. The first-order valence-electron chi connectivity index (χ1n) is 5.42. The van der Waals surface area contributed by atoms with Crippen molar-refractivity contribution in [3.63, 3.8) is 0 Å². The van der Waals surface area contributed by atoms with Gasteiger partial charge in [-0.2, -0.15) is 26.3 Å². The number of hydrogen-bond donors (Lipinski definition) is 1. The number of alkyl halides is 6. The molecule has 0 atom stereocenters. The molecule has 2 rings (SSSR count). The van der Waals surface area contributed by atoms with E-state index >= 15 is 0 Å². The molecule has 0 saturated carbocycles. The number of rotatable bonds is 0. The highest BCUT2D eigenvalue weighted by Gasteiger charge is 2.77. The van der Waals surface area contributed by atoms with Crippen LogP contribution in [0.3, 0.4) is 0 Å². The summed E-state index contributed by atoms with van der Waals surface area (Å²) < 4.78 is 85.1. The normalized spacial score (nSPS) is 23.6. The van der Waals surface area contributed by atoms with E-state index in [1.54, 1.807) is 0 Å². The zero-order valence-corrected chi connectivity index (χ0v) is 9.81. The zero-order valence-electron chi connectivity index (χ0n) is 9.81. The molecule has 1 fully saturated rings. The van der Waals surface area contributed by atoms with Gasteiger partial charge in [-0.3, -0.25) is 5.41 Å². The molecular formula is C9H9F6N3O2. The number of ether oxygens (including phenoxy) is 2. The molecule has 1 saturated heterocycles. The van der Waals surface area contributed by atoms with Gasteiger partial charge < -0.3 is 14.4 Å². The minimum Gasteiger partial charge on any atom is -0.430 e. The van der Waals surface area contributed by atoms with Crippen molar-refractivity contribution < 1.29 is 35.8 Å². The van der Waals surface area contributed by atoms with Crippen LogP contribution in [-0.4, -0.2) is 61.0 Å². The highest BCUT2D eigenvalue weighted by molar-refractivity contribution is 6.38. The maximum Gasteiger partial charge on any atom is 0.460 e. The Hall–Kier alpha value is -1.52. The third-order valence-electron chi connectivity index (χ3n) is 2.80. The van der Waals surface area contributed by atoms with E-state index in [9.17, 15) is 26.3 Å². The second-order valence-corrected chi connectivity index (χ2v) is 4.11. The molecule has 20 heavy (non-hydrogen) atoms. The largest absolute Gasteiger partial charge is 0.460 e. The summed E-state index contributed by atoms with van der Waals surface area (Å²) in [7, 11) is 0. The first-order chi connectivity index (χ1) is 9.08. The Morgan fingerprint density at radius 2 is 1.55 bits per heavy atom. The molecule has 0 unspecified atom stereocenters. The fourth-order valence-corrected chi connectivity index (χ4v) is 1.81. The van der Waals surface area contributed by atoms with Crippen molar-refractivity contribution in [1.29, 1.82) is 5.41 Å². The van der Waals surface area contributed by atoms with Crippen LogP contribution in [0.4, 0.5) is 26.3 Å². The summed E-state index contributed by atoms with van der Waals surface area (Å²) in [6.07, 6.45) is -11.6. The second-order valence-electron chi connectivity index (χ2n) is 4.11. The van der Waals surface area contributed by atoms with Crippen LogP contribution in [0.25, 0.3) is 0 Å². The highest BCUT2D eigenvalue weighted by atomic mass is 19.4. The average Bonchev–Trinajstić information content (AvgIpc) is 2.68. The first kappa shape index (κ1) is 14.9. The van der Waals surface area contributed by atoms with Gasteiger partial charge in [0.2, 0.25) is 0 Å². The molecule has 114 valence electrons. The summed E-state index contributed by atoms with van der Waals surface area (Å²) in [4.78, 5) is 3.76. The van der Waals surface area contributed by atoms with E-state index in [1.807, 2.05) is 0 Å². The molecule has 2 aliphatic rings. The lowest BCUT2D eigenvalue weighted by Crippen LogP contribution is -2.56. The summed E-state index contributed by atoms with van der Waals surface area (Å²) in [5.41, 5.74) is -4.70. The van der Waals surface area contributed by atoms with Crippen molar-refractivity contribution in [2.75, 3.05) is 26.3 Å². The van der Waals surface area contributed by atoms with E-state index in [4.69, 9.17) is 10.1 Å². The molecule has 2 heterocycles. The predicted octanol–water partition coefficient (Wildman–Crippen LogP) is 1.55. The van der Waals surface area contributed by atoms with Gasteiger partial charge in [-0.05, 0) is 0 Å². The Morgan fingerprint density at radius 1 is 1.05 bits per heavy atom. The number of halogens is 6. The van der Waals surface area contributed by atoms with Crippen molar-refractivity contribution in [2.45, 2.75) is 18.1 Å². The van der Waals surface area contributed by atoms with Gasteiger partial charge in [-0.1, -0.05) is 0 Å². The van der Waals surface area contributed by atoms with Gasteiger partial charge in [-0.15, -0.1) is 0 Å². The molecule has 0 bridgehead atoms. The van der Waals surface area contributed by atoms with Gasteiger partial charge in [0.1, 0.15) is 0 Å². The van der Waals surface area contributed by atoms with Crippen molar-refractivity contribution in [2.24, 2.45) is 4.99 Å². The minimum atomic E-state index is -5.81. The lowest BCUT2D eigenvalue weighted by Gasteiger charge is -2.29. The topological polar surface area (TPSA) is 57.9 Å². The van der Waals surface area contributed by atoms with Crippen LogP contribution in [0, 0.1) is 5.41 Å². The van der Waals surface area contributed by atoms with Gasteiger partial charge in [0.15, 0.2) is 5.84 Å². The van der Waals surface area contributed by atoms with Crippen LogP contribution < -0.4 is 0 Å². The van der Waals surface area contributed by atoms with E-state index in [0.29, 0.717) is 0 Å². The molecule has 2 aliphatic heterocycles. The summed E-state index contributed by atoms with van der Waals surface area (Å²) in [6, 6.07) is 0. The monoisotopic (exact) mass is 305 g/mol. The summed E-state index contributed by atoms with van der Waals surface area (Å²) >= 11 is 0. The molecule has 0 radical (unpaired) electrons. The summed E-state index contributed by atoms with van der Waals surface area (Å²) in [6.45, 7) is 0.321. The van der Waals surface area contributed by atoms with Gasteiger partial charge >= 0.3 is 18.1 Å². The van der Waals surface area contributed by atoms with Crippen molar-refractivity contribution in [1.82, 2.24) is 4.90 Å². The quantitative estimate of drug-likeness (QED) is 0.691.